The van der Waals surface area contributed by atoms with Gasteiger partial charge in [-0.15, -0.1) is 0 Å². The molecule has 108 valence electrons. The van der Waals surface area contributed by atoms with Crippen LogP contribution in [-0.2, 0) is 4.79 Å². The summed E-state index contributed by atoms with van der Waals surface area (Å²) in [5.41, 5.74) is 1.52. The first-order chi connectivity index (χ1) is 9.47. The fourth-order valence-electron chi connectivity index (χ4n) is 2.44. The van der Waals surface area contributed by atoms with Crippen molar-refractivity contribution in [2.45, 2.75) is 32.7 Å². The maximum atomic E-state index is 12.2. The third-order valence-corrected chi connectivity index (χ3v) is 3.54. The van der Waals surface area contributed by atoms with Crippen molar-refractivity contribution in [3.8, 4) is 0 Å². The molecule has 0 aromatic carbocycles. The van der Waals surface area contributed by atoms with E-state index < -0.39 is 12.0 Å². The lowest BCUT2D eigenvalue weighted by atomic mass is 9.93. The third kappa shape index (κ3) is 3.26. The molecule has 1 saturated heterocycles. The zero-order valence-electron chi connectivity index (χ0n) is 11.7. The molecule has 6 heteroatoms. The van der Waals surface area contributed by atoms with Gasteiger partial charge in [0.2, 0.25) is 0 Å². The van der Waals surface area contributed by atoms with Crippen LogP contribution in [0, 0.1) is 12.8 Å². The zero-order chi connectivity index (χ0) is 14.7. The molecule has 0 bridgehead atoms. The van der Waals surface area contributed by atoms with E-state index >= 15 is 0 Å². The molecule has 20 heavy (non-hydrogen) atoms. The standard InChI is InChI=1S/C14H19N3O3/c1-9-3-4-17(12(6-9)13(18)19)14(20)16-11-5-10(2)7-15-8-11/h5,7-9,12H,3-4,6H2,1-2H3,(H,16,20)(H,18,19). The van der Waals surface area contributed by atoms with Gasteiger partial charge in [-0.2, -0.15) is 0 Å². The van der Waals surface area contributed by atoms with Crippen LogP contribution in [0.2, 0.25) is 0 Å². The van der Waals surface area contributed by atoms with Crippen molar-refractivity contribution in [3.05, 3.63) is 24.0 Å². The van der Waals surface area contributed by atoms with Crippen LogP contribution in [0.15, 0.2) is 18.5 Å². The summed E-state index contributed by atoms with van der Waals surface area (Å²) in [5.74, 6) is -0.630. The molecule has 1 aliphatic rings. The number of nitrogens with zero attached hydrogens (tertiary/aromatic N) is 2. The van der Waals surface area contributed by atoms with Crippen LogP contribution in [0.3, 0.4) is 0 Å². The molecular weight excluding hydrogens is 258 g/mol. The first-order valence-corrected chi connectivity index (χ1v) is 6.69. The van der Waals surface area contributed by atoms with Crippen LogP contribution in [0.4, 0.5) is 10.5 Å². The van der Waals surface area contributed by atoms with E-state index in [2.05, 4.69) is 10.3 Å². The average molecular weight is 277 g/mol. The van der Waals surface area contributed by atoms with Crippen molar-refractivity contribution in [3.63, 3.8) is 0 Å². The molecule has 1 aromatic heterocycles. The molecule has 1 aromatic rings. The Morgan fingerprint density at radius 1 is 1.45 bits per heavy atom. The molecule has 2 heterocycles. The quantitative estimate of drug-likeness (QED) is 0.867. The van der Waals surface area contributed by atoms with E-state index in [1.807, 2.05) is 13.8 Å². The number of hydrogen-bond donors (Lipinski definition) is 2. The van der Waals surface area contributed by atoms with Gasteiger partial charge < -0.3 is 15.3 Å². The highest BCUT2D eigenvalue weighted by Crippen LogP contribution is 2.23. The number of pyridine rings is 1. The zero-order valence-corrected chi connectivity index (χ0v) is 11.7. The molecule has 0 spiro atoms. The average Bonchev–Trinajstić information content (AvgIpc) is 2.38. The van der Waals surface area contributed by atoms with Gasteiger partial charge in [-0.05, 0) is 37.3 Å². The van der Waals surface area contributed by atoms with Crippen molar-refractivity contribution in [2.75, 3.05) is 11.9 Å². The number of likely N-dealkylation sites (tertiary alicyclic amines) is 1. The van der Waals surface area contributed by atoms with Gasteiger partial charge >= 0.3 is 12.0 Å². The largest absolute Gasteiger partial charge is 0.480 e. The fraction of sp³-hybridized carbons (Fsp3) is 0.500. The highest BCUT2D eigenvalue weighted by Gasteiger charge is 2.34. The molecule has 2 unspecified atom stereocenters. The minimum Gasteiger partial charge on any atom is -0.480 e. The summed E-state index contributed by atoms with van der Waals surface area (Å²) >= 11 is 0. The molecule has 0 aliphatic carbocycles. The van der Waals surface area contributed by atoms with Crippen molar-refractivity contribution in [2.24, 2.45) is 5.92 Å². The normalized spacial score (nSPS) is 22.4. The predicted octanol–water partition coefficient (Wildman–Crippen LogP) is 2.11. The highest BCUT2D eigenvalue weighted by atomic mass is 16.4. The Hall–Kier alpha value is -2.11. The van der Waals surface area contributed by atoms with Gasteiger partial charge in [-0.1, -0.05) is 6.92 Å². The molecule has 2 rings (SSSR count). The fourth-order valence-corrected chi connectivity index (χ4v) is 2.44. The lowest BCUT2D eigenvalue weighted by Gasteiger charge is -2.35. The molecule has 2 amide bonds. The van der Waals surface area contributed by atoms with Gasteiger partial charge in [-0.3, -0.25) is 4.98 Å². The van der Waals surface area contributed by atoms with E-state index in [0.29, 0.717) is 24.6 Å². The van der Waals surface area contributed by atoms with E-state index in [1.165, 1.54) is 4.90 Å². The summed E-state index contributed by atoms with van der Waals surface area (Å²) < 4.78 is 0. The SMILES string of the molecule is Cc1cncc(NC(=O)N2CCC(C)CC2C(=O)O)c1. The topological polar surface area (TPSA) is 82.5 Å². The van der Waals surface area contributed by atoms with Crippen LogP contribution in [0.25, 0.3) is 0 Å². The maximum absolute atomic E-state index is 12.2. The minimum absolute atomic E-state index is 0.320. The van der Waals surface area contributed by atoms with Crippen LogP contribution in [0.5, 0.6) is 0 Å². The highest BCUT2D eigenvalue weighted by molar-refractivity contribution is 5.92. The monoisotopic (exact) mass is 277 g/mol. The number of piperidine rings is 1. The Morgan fingerprint density at radius 2 is 2.20 bits per heavy atom. The van der Waals surface area contributed by atoms with Gasteiger partial charge in [0.05, 0.1) is 11.9 Å². The van der Waals surface area contributed by atoms with E-state index in [1.54, 1.807) is 18.5 Å². The number of aliphatic carboxylic acids is 1. The maximum Gasteiger partial charge on any atom is 0.326 e. The number of anilines is 1. The van der Waals surface area contributed by atoms with Crippen LogP contribution in [0.1, 0.15) is 25.3 Å². The number of urea groups is 1. The number of rotatable bonds is 2. The van der Waals surface area contributed by atoms with Crippen molar-refractivity contribution >= 4 is 17.7 Å². The second-order valence-electron chi connectivity index (χ2n) is 5.36. The van der Waals surface area contributed by atoms with Gasteiger partial charge in [0.25, 0.3) is 0 Å². The second-order valence-corrected chi connectivity index (χ2v) is 5.36. The molecule has 2 atom stereocenters. The van der Waals surface area contributed by atoms with Crippen LogP contribution < -0.4 is 5.32 Å². The summed E-state index contributed by atoms with van der Waals surface area (Å²) in [6.45, 7) is 4.35. The van der Waals surface area contributed by atoms with Gasteiger partial charge in [-0.25, -0.2) is 9.59 Å². The lowest BCUT2D eigenvalue weighted by molar-refractivity contribution is -0.143. The second kappa shape index (κ2) is 5.90. The number of carbonyl (C=O) groups is 2. The Labute approximate surface area is 117 Å². The number of carbonyl (C=O) groups excluding carboxylic acids is 1. The first kappa shape index (κ1) is 14.3. The van der Waals surface area contributed by atoms with E-state index in [-0.39, 0.29) is 6.03 Å². The van der Waals surface area contributed by atoms with Crippen molar-refractivity contribution in [1.82, 2.24) is 9.88 Å². The van der Waals surface area contributed by atoms with Crippen molar-refractivity contribution < 1.29 is 14.7 Å². The number of aryl methyl sites for hydroxylation is 1. The predicted molar refractivity (Wildman–Crippen MR) is 74.5 cm³/mol. The van der Waals surface area contributed by atoms with E-state index in [4.69, 9.17) is 0 Å². The smallest absolute Gasteiger partial charge is 0.326 e. The van der Waals surface area contributed by atoms with Gasteiger partial charge in [0.15, 0.2) is 0 Å². The van der Waals surface area contributed by atoms with E-state index in [0.717, 1.165) is 12.0 Å². The molecule has 0 saturated carbocycles. The number of carboxylic acid groups (broad SMARTS) is 1. The number of amides is 2. The molecule has 2 N–H and O–H groups in total. The summed E-state index contributed by atoms with van der Waals surface area (Å²) in [6.07, 6.45) is 4.56. The van der Waals surface area contributed by atoms with Crippen LogP contribution in [-0.4, -0.2) is 39.6 Å². The Kier molecular flexibility index (Phi) is 4.22. The molecule has 1 fully saturated rings. The number of carboxylic acids is 1. The Balaban J connectivity index is 2.09. The molecule has 6 nitrogen and oxygen atoms in total. The summed E-state index contributed by atoms with van der Waals surface area (Å²) in [4.78, 5) is 28.9. The first-order valence-electron chi connectivity index (χ1n) is 6.69. The lowest BCUT2D eigenvalue weighted by Crippen LogP contribution is -2.51. The van der Waals surface area contributed by atoms with E-state index in [9.17, 15) is 14.7 Å². The number of nitrogens with one attached hydrogen (secondary N) is 1. The summed E-state index contributed by atoms with van der Waals surface area (Å²) in [5, 5.41) is 12.0. The molecule has 0 radical (unpaired) electrons. The van der Waals surface area contributed by atoms with Crippen molar-refractivity contribution in [1.29, 1.82) is 0 Å². The minimum atomic E-state index is -0.950. The molecule has 1 aliphatic heterocycles. The number of hydrogen-bond acceptors (Lipinski definition) is 3. The van der Waals surface area contributed by atoms with Crippen LogP contribution >= 0.6 is 0 Å². The Morgan fingerprint density at radius 3 is 2.85 bits per heavy atom. The number of aromatic nitrogens is 1. The summed E-state index contributed by atoms with van der Waals surface area (Å²) in [6, 6.07) is 0.668. The third-order valence-electron chi connectivity index (χ3n) is 3.54. The van der Waals surface area contributed by atoms with Gasteiger partial charge in [0.1, 0.15) is 6.04 Å². The van der Waals surface area contributed by atoms with Gasteiger partial charge in [0, 0.05) is 12.7 Å². The molecular formula is C14H19N3O3. The summed E-state index contributed by atoms with van der Waals surface area (Å²) in [7, 11) is 0. The Bertz CT molecular complexity index is 518.